The van der Waals surface area contributed by atoms with Crippen LogP contribution >= 0.6 is 0 Å². The highest BCUT2D eigenvalue weighted by atomic mass is 16.4. The molecule has 0 saturated heterocycles. The van der Waals surface area contributed by atoms with Gasteiger partial charge in [0.15, 0.2) is 0 Å². The van der Waals surface area contributed by atoms with Gasteiger partial charge in [0.05, 0.1) is 0 Å². The zero-order valence-corrected chi connectivity index (χ0v) is 14.9. The molecule has 0 aliphatic heterocycles. The molecular formula is C20H25N3O3. The minimum Gasteiger partial charge on any atom is -0.508 e. The Morgan fingerprint density at radius 1 is 1.15 bits per heavy atom. The maximum Gasteiger partial charge on any atom is 0.407 e. The Bertz CT molecular complexity index is 743. The molecule has 1 heterocycles. The molecule has 1 amide bonds. The van der Waals surface area contributed by atoms with Crippen LogP contribution in [0.1, 0.15) is 31.2 Å². The first-order valence-electron chi connectivity index (χ1n) is 8.96. The molecule has 1 aliphatic rings. The fourth-order valence-corrected chi connectivity index (χ4v) is 3.53. The minimum atomic E-state index is -0.862. The summed E-state index contributed by atoms with van der Waals surface area (Å²) in [6, 6.07) is 9.98. The number of carboxylic acid groups (broad SMARTS) is 1. The van der Waals surface area contributed by atoms with Crippen molar-refractivity contribution < 1.29 is 15.0 Å². The highest BCUT2D eigenvalue weighted by Gasteiger charge is 2.26. The maximum atomic E-state index is 11.1. The second-order valence-corrected chi connectivity index (χ2v) is 6.86. The molecule has 1 aromatic heterocycles. The van der Waals surface area contributed by atoms with Gasteiger partial charge in [-0.05, 0) is 61.1 Å². The zero-order valence-electron chi connectivity index (χ0n) is 14.9. The van der Waals surface area contributed by atoms with E-state index in [4.69, 9.17) is 5.11 Å². The van der Waals surface area contributed by atoms with E-state index in [9.17, 15) is 9.90 Å². The van der Waals surface area contributed by atoms with Gasteiger partial charge in [-0.15, -0.1) is 0 Å². The van der Waals surface area contributed by atoms with Crippen molar-refractivity contribution in [1.29, 1.82) is 0 Å². The Morgan fingerprint density at radius 3 is 2.50 bits per heavy atom. The molecular weight excluding hydrogens is 330 g/mol. The number of nitrogens with zero attached hydrogens (tertiary/aromatic N) is 2. The van der Waals surface area contributed by atoms with Gasteiger partial charge in [0, 0.05) is 43.6 Å². The molecule has 0 unspecified atom stereocenters. The SMILES string of the molecule is CN(C(=O)O)C1CCC(NCc2cc(-c3ccncc3)ccc2O)CC1. The largest absolute Gasteiger partial charge is 0.508 e. The quantitative estimate of drug-likeness (QED) is 0.765. The van der Waals surface area contributed by atoms with Crippen molar-refractivity contribution in [3.05, 3.63) is 48.3 Å². The Balaban J connectivity index is 1.58. The average Bonchev–Trinajstić information content (AvgIpc) is 2.68. The zero-order chi connectivity index (χ0) is 18.5. The fraction of sp³-hybridized carbons (Fsp3) is 0.400. The van der Waals surface area contributed by atoms with Gasteiger partial charge in [0.25, 0.3) is 0 Å². The molecule has 6 heteroatoms. The number of hydrogen-bond acceptors (Lipinski definition) is 4. The van der Waals surface area contributed by atoms with Crippen LogP contribution in [-0.4, -0.2) is 45.3 Å². The van der Waals surface area contributed by atoms with Crippen molar-refractivity contribution >= 4 is 6.09 Å². The third-order valence-electron chi connectivity index (χ3n) is 5.22. The third-order valence-corrected chi connectivity index (χ3v) is 5.22. The van der Waals surface area contributed by atoms with Crippen LogP contribution in [-0.2, 0) is 6.54 Å². The number of nitrogens with one attached hydrogen (secondary N) is 1. The number of benzene rings is 1. The summed E-state index contributed by atoms with van der Waals surface area (Å²) in [5, 5.41) is 22.8. The number of aromatic hydroxyl groups is 1. The number of phenols is 1. The summed E-state index contributed by atoms with van der Waals surface area (Å²) in [6.07, 6.45) is 6.26. The number of amides is 1. The lowest BCUT2D eigenvalue weighted by atomic mass is 9.90. The van der Waals surface area contributed by atoms with Crippen molar-refractivity contribution in [2.24, 2.45) is 0 Å². The van der Waals surface area contributed by atoms with Crippen LogP contribution < -0.4 is 5.32 Å². The molecule has 0 bridgehead atoms. The Kier molecular flexibility index (Phi) is 5.73. The van der Waals surface area contributed by atoms with E-state index >= 15 is 0 Å². The van der Waals surface area contributed by atoms with E-state index in [0.717, 1.165) is 42.4 Å². The number of pyridine rings is 1. The predicted octanol–water partition coefficient (Wildman–Crippen LogP) is 3.46. The summed E-state index contributed by atoms with van der Waals surface area (Å²) in [7, 11) is 1.64. The molecule has 1 aromatic carbocycles. The number of rotatable bonds is 5. The Labute approximate surface area is 153 Å². The molecule has 0 atom stereocenters. The van der Waals surface area contributed by atoms with Gasteiger partial charge in [-0.25, -0.2) is 4.79 Å². The third kappa shape index (κ3) is 4.32. The topological polar surface area (TPSA) is 85.7 Å². The van der Waals surface area contributed by atoms with Crippen LogP contribution in [0.3, 0.4) is 0 Å². The molecule has 0 spiro atoms. The van der Waals surface area contributed by atoms with Gasteiger partial charge in [0.1, 0.15) is 5.75 Å². The van der Waals surface area contributed by atoms with Gasteiger partial charge in [-0.2, -0.15) is 0 Å². The Hall–Kier alpha value is -2.60. The first kappa shape index (κ1) is 18.2. The summed E-state index contributed by atoms with van der Waals surface area (Å²) in [5.74, 6) is 0.287. The van der Waals surface area contributed by atoms with E-state index in [1.54, 1.807) is 25.5 Å². The van der Waals surface area contributed by atoms with Crippen molar-refractivity contribution in [2.75, 3.05) is 7.05 Å². The first-order valence-corrected chi connectivity index (χ1v) is 8.96. The van der Waals surface area contributed by atoms with E-state index in [2.05, 4.69) is 10.3 Å². The second-order valence-electron chi connectivity index (χ2n) is 6.86. The van der Waals surface area contributed by atoms with Gasteiger partial charge in [-0.3, -0.25) is 4.98 Å². The lowest BCUT2D eigenvalue weighted by Crippen LogP contribution is -2.42. The lowest BCUT2D eigenvalue weighted by molar-refractivity contribution is 0.122. The summed E-state index contributed by atoms with van der Waals surface area (Å²) in [4.78, 5) is 16.5. The van der Waals surface area contributed by atoms with Gasteiger partial charge in [-0.1, -0.05) is 6.07 Å². The van der Waals surface area contributed by atoms with Crippen molar-refractivity contribution in [1.82, 2.24) is 15.2 Å². The second kappa shape index (κ2) is 8.19. The van der Waals surface area contributed by atoms with Crippen LogP contribution in [0.2, 0.25) is 0 Å². The smallest absolute Gasteiger partial charge is 0.407 e. The molecule has 6 nitrogen and oxygen atoms in total. The molecule has 3 N–H and O–H groups in total. The van der Waals surface area contributed by atoms with Crippen LogP contribution in [0.4, 0.5) is 4.79 Å². The first-order chi connectivity index (χ1) is 12.5. The van der Waals surface area contributed by atoms with E-state index in [1.165, 1.54) is 4.90 Å². The van der Waals surface area contributed by atoms with Crippen LogP contribution in [0.25, 0.3) is 11.1 Å². The minimum absolute atomic E-state index is 0.106. The van der Waals surface area contributed by atoms with Gasteiger partial charge < -0.3 is 20.4 Å². The molecule has 3 rings (SSSR count). The van der Waals surface area contributed by atoms with Gasteiger partial charge in [0.2, 0.25) is 0 Å². The average molecular weight is 355 g/mol. The number of aromatic nitrogens is 1. The molecule has 0 radical (unpaired) electrons. The van der Waals surface area contributed by atoms with E-state index < -0.39 is 6.09 Å². The number of carbonyl (C=O) groups is 1. The molecule has 1 aliphatic carbocycles. The van der Waals surface area contributed by atoms with Crippen LogP contribution in [0, 0.1) is 0 Å². The van der Waals surface area contributed by atoms with E-state index in [-0.39, 0.29) is 11.8 Å². The summed E-state index contributed by atoms with van der Waals surface area (Å²) in [5.41, 5.74) is 2.98. The summed E-state index contributed by atoms with van der Waals surface area (Å²) in [6.45, 7) is 0.592. The summed E-state index contributed by atoms with van der Waals surface area (Å²) < 4.78 is 0. The normalized spacial score (nSPS) is 19.9. The van der Waals surface area contributed by atoms with Crippen LogP contribution in [0.5, 0.6) is 5.75 Å². The van der Waals surface area contributed by atoms with Gasteiger partial charge >= 0.3 is 6.09 Å². The highest BCUT2D eigenvalue weighted by Crippen LogP contribution is 2.27. The van der Waals surface area contributed by atoms with Crippen LogP contribution in [0.15, 0.2) is 42.7 Å². The standard InChI is InChI=1S/C20H25N3O3/c1-23(20(25)26)18-5-3-17(4-6-18)22-13-16-12-15(2-7-19(16)24)14-8-10-21-11-9-14/h2,7-12,17-18,22,24H,3-6,13H2,1H3,(H,25,26). The molecule has 2 aromatic rings. The molecule has 1 saturated carbocycles. The molecule has 1 fully saturated rings. The molecule has 138 valence electrons. The van der Waals surface area contributed by atoms with E-state index in [0.29, 0.717) is 12.6 Å². The van der Waals surface area contributed by atoms with Crippen molar-refractivity contribution in [2.45, 2.75) is 44.3 Å². The maximum absolute atomic E-state index is 11.1. The number of hydrogen-bond donors (Lipinski definition) is 3. The number of phenolic OH excluding ortho intramolecular Hbond substituents is 1. The monoisotopic (exact) mass is 355 g/mol. The lowest BCUT2D eigenvalue weighted by Gasteiger charge is -2.33. The highest BCUT2D eigenvalue weighted by molar-refractivity contribution is 5.65. The predicted molar refractivity (Wildman–Crippen MR) is 100 cm³/mol. The van der Waals surface area contributed by atoms with E-state index in [1.807, 2.05) is 24.3 Å². The van der Waals surface area contributed by atoms with Crippen molar-refractivity contribution in [3.63, 3.8) is 0 Å². The summed E-state index contributed by atoms with van der Waals surface area (Å²) >= 11 is 0. The fourth-order valence-electron chi connectivity index (χ4n) is 3.53. The van der Waals surface area contributed by atoms with Crippen molar-refractivity contribution in [3.8, 4) is 16.9 Å². The Morgan fingerprint density at radius 2 is 1.85 bits per heavy atom. The molecule has 26 heavy (non-hydrogen) atoms.